The molecule has 0 spiro atoms. The summed E-state index contributed by atoms with van der Waals surface area (Å²) in [4.78, 5) is 36.0. The van der Waals surface area contributed by atoms with E-state index in [-0.39, 0.29) is 17.4 Å². The molecule has 2 aliphatic rings. The van der Waals surface area contributed by atoms with Crippen molar-refractivity contribution in [2.45, 2.75) is 0 Å². The normalized spacial score (nSPS) is 13.4. The smallest absolute Gasteiger partial charge is 0.338 e. The highest BCUT2D eigenvalue weighted by molar-refractivity contribution is 6.32. The van der Waals surface area contributed by atoms with Crippen LogP contribution in [0, 0.1) is 0 Å². The molecule has 0 radical (unpaired) electrons. The van der Waals surface area contributed by atoms with Gasteiger partial charge in [-0.1, -0.05) is 11.6 Å². The van der Waals surface area contributed by atoms with Gasteiger partial charge >= 0.3 is 12.0 Å². The molecular weight excluding hydrogens is 420 g/mol. The summed E-state index contributed by atoms with van der Waals surface area (Å²) in [5, 5.41) is 4.72. The molecule has 0 saturated carbocycles. The van der Waals surface area contributed by atoms with Crippen LogP contribution >= 0.6 is 11.6 Å². The summed E-state index contributed by atoms with van der Waals surface area (Å²) >= 11 is 6.01. The number of halogens is 1. The van der Waals surface area contributed by atoms with Crippen molar-refractivity contribution in [2.24, 2.45) is 0 Å². The zero-order valence-electron chi connectivity index (χ0n) is 15.4. The van der Waals surface area contributed by atoms with Crippen LogP contribution in [0.4, 0.5) is 10.5 Å². The highest BCUT2D eigenvalue weighted by Gasteiger charge is 2.22. The number of rotatable bonds is 4. The summed E-state index contributed by atoms with van der Waals surface area (Å²) in [6.45, 7) is 0.181. The molecular formula is C19H15ClN2O8. The van der Waals surface area contributed by atoms with Crippen LogP contribution in [-0.2, 0) is 9.53 Å². The van der Waals surface area contributed by atoms with Crippen LogP contribution in [0.25, 0.3) is 0 Å². The highest BCUT2D eigenvalue weighted by atomic mass is 35.5. The van der Waals surface area contributed by atoms with E-state index in [1.54, 1.807) is 18.2 Å². The number of amides is 3. The monoisotopic (exact) mass is 434 g/mol. The van der Waals surface area contributed by atoms with Gasteiger partial charge in [-0.15, -0.1) is 0 Å². The van der Waals surface area contributed by atoms with Crippen LogP contribution in [0.15, 0.2) is 30.3 Å². The Morgan fingerprint density at radius 3 is 2.60 bits per heavy atom. The van der Waals surface area contributed by atoms with Crippen LogP contribution in [0.1, 0.15) is 10.4 Å². The first-order valence-corrected chi connectivity index (χ1v) is 9.14. The molecule has 3 amide bonds. The fourth-order valence-corrected chi connectivity index (χ4v) is 3.01. The average molecular weight is 435 g/mol. The van der Waals surface area contributed by atoms with Crippen LogP contribution in [-0.4, -0.2) is 44.5 Å². The molecule has 0 bridgehead atoms. The molecule has 4 rings (SSSR count). The number of esters is 1. The van der Waals surface area contributed by atoms with Crippen molar-refractivity contribution < 1.29 is 38.1 Å². The maximum atomic E-state index is 12.1. The van der Waals surface area contributed by atoms with Crippen LogP contribution in [0.3, 0.4) is 0 Å². The van der Waals surface area contributed by atoms with Crippen molar-refractivity contribution in [3.05, 3.63) is 40.9 Å². The van der Waals surface area contributed by atoms with E-state index in [9.17, 15) is 14.4 Å². The predicted octanol–water partition coefficient (Wildman–Crippen LogP) is 2.34. The zero-order valence-corrected chi connectivity index (χ0v) is 16.1. The van der Waals surface area contributed by atoms with E-state index in [1.807, 2.05) is 0 Å². The first-order chi connectivity index (χ1) is 14.5. The molecule has 0 saturated heterocycles. The number of hydrogen-bond donors (Lipinski definition) is 2. The van der Waals surface area contributed by atoms with E-state index in [4.69, 9.17) is 35.3 Å². The Labute approximate surface area is 174 Å². The molecule has 30 heavy (non-hydrogen) atoms. The SMILES string of the molecule is O=C(COC(=O)c1cc(Cl)c2c(c1)OCO2)NC(=O)Nc1ccc2c(c1)OCCO2. The van der Waals surface area contributed by atoms with E-state index >= 15 is 0 Å². The third-order valence-corrected chi connectivity index (χ3v) is 4.33. The van der Waals surface area contributed by atoms with Gasteiger partial charge in [-0.25, -0.2) is 9.59 Å². The fraction of sp³-hybridized carbons (Fsp3) is 0.211. The summed E-state index contributed by atoms with van der Waals surface area (Å²) < 4.78 is 26.1. The van der Waals surface area contributed by atoms with Crippen molar-refractivity contribution in [2.75, 3.05) is 31.9 Å². The molecule has 2 aromatic carbocycles. The zero-order chi connectivity index (χ0) is 21.1. The van der Waals surface area contributed by atoms with Crippen molar-refractivity contribution in [3.8, 4) is 23.0 Å². The number of carbonyl (C=O) groups excluding carboxylic acids is 3. The maximum Gasteiger partial charge on any atom is 0.338 e. The third kappa shape index (κ3) is 4.33. The molecule has 2 N–H and O–H groups in total. The number of imide groups is 1. The summed E-state index contributed by atoms with van der Waals surface area (Å²) in [5.74, 6) is 0.0721. The van der Waals surface area contributed by atoms with E-state index in [1.165, 1.54) is 12.1 Å². The van der Waals surface area contributed by atoms with Crippen LogP contribution in [0.2, 0.25) is 5.02 Å². The number of fused-ring (bicyclic) bond motifs is 2. The van der Waals surface area contributed by atoms with Crippen molar-refractivity contribution in [1.29, 1.82) is 0 Å². The summed E-state index contributed by atoms with van der Waals surface area (Å²) in [7, 11) is 0. The lowest BCUT2D eigenvalue weighted by Gasteiger charge is -2.19. The van der Waals surface area contributed by atoms with Gasteiger partial charge in [0.1, 0.15) is 13.2 Å². The minimum absolute atomic E-state index is 0.00551. The van der Waals surface area contributed by atoms with Crippen molar-refractivity contribution in [3.63, 3.8) is 0 Å². The number of hydrogen-bond acceptors (Lipinski definition) is 8. The third-order valence-electron chi connectivity index (χ3n) is 4.05. The number of ether oxygens (including phenoxy) is 5. The van der Waals surface area contributed by atoms with E-state index in [2.05, 4.69) is 10.6 Å². The minimum Gasteiger partial charge on any atom is -0.486 e. The molecule has 0 aliphatic carbocycles. The Morgan fingerprint density at radius 1 is 0.967 bits per heavy atom. The van der Waals surface area contributed by atoms with Gasteiger partial charge in [0.05, 0.1) is 10.6 Å². The van der Waals surface area contributed by atoms with Gasteiger partial charge < -0.3 is 29.0 Å². The number of urea groups is 1. The summed E-state index contributed by atoms with van der Waals surface area (Å²) in [6, 6.07) is 6.75. The highest BCUT2D eigenvalue weighted by Crippen LogP contribution is 2.40. The largest absolute Gasteiger partial charge is 0.486 e. The fourth-order valence-electron chi connectivity index (χ4n) is 2.75. The van der Waals surface area contributed by atoms with Crippen molar-refractivity contribution in [1.82, 2.24) is 5.32 Å². The topological polar surface area (TPSA) is 121 Å². The molecule has 156 valence electrons. The Hall–Kier alpha value is -3.66. The maximum absolute atomic E-state index is 12.1. The minimum atomic E-state index is -0.815. The number of benzene rings is 2. The van der Waals surface area contributed by atoms with E-state index in [0.29, 0.717) is 41.9 Å². The molecule has 2 aromatic rings. The first-order valence-electron chi connectivity index (χ1n) is 8.76. The number of nitrogens with one attached hydrogen (secondary N) is 2. The summed E-state index contributed by atoms with van der Waals surface area (Å²) in [6.07, 6.45) is 0. The lowest BCUT2D eigenvalue weighted by Crippen LogP contribution is -2.37. The Morgan fingerprint density at radius 2 is 1.77 bits per heavy atom. The van der Waals surface area contributed by atoms with Crippen LogP contribution < -0.4 is 29.6 Å². The first kappa shape index (κ1) is 19.6. The van der Waals surface area contributed by atoms with Gasteiger partial charge in [-0.05, 0) is 24.3 Å². The Kier molecular flexibility index (Phi) is 5.48. The second kappa shape index (κ2) is 8.37. The van der Waals surface area contributed by atoms with Gasteiger partial charge in [-0.2, -0.15) is 0 Å². The summed E-state index contributed by atoms with van der Waals surface area (Å²) in [5.41, 5.74) is 0.481. The van der Waals surface area contributed by atoms with Gasteiger partial charge in [-0.3, -0.25) is 10.1 Å². The average Bonchev–Trinajstić information content (AvgIpc) is 3.21. The van der Waals surface area contributed by atoms with Gasteiger partial charge in [0.2, 0.25) is 6.79 Å². The number of anilines is 1. The second-order valence-electron chi connectivity index (χ2n) is 6.13. The van der Waals surface area contributed by atoms with E-state index < -0.39 is 24.5 Å². The molecule has 10 nitrogen and oxygen atoms in total. The lowest BCUT2D eigenvalue weighted by atomic mass is 10.2. The standard InChI is InChI=1S/C19H15ClN2O8/c20-12-5-10(6-15-17(12)30-9-29-15)18(24)28-8-16(23)22-19(25)21-11-1-2-13-14(7-11)27-4-3-26-13/h1-2,5-7H,3-4,8-9H2,(H2,21,22,23,25). The lowest BCUT2D eigenvalue weighted by molar-refractivity contribution is -0.123. The molecule has 11 heteroatoms. The van der Waals surface area contributed by atoms with Gasteiger partial charge in [0, 0.05) is 11.8 Å². The van der Waals surface area contributed by atoms with Gasteiger partial charge in [0.15, 0.2) is 29.6 Å². The Bertz CT molecular complexity index is 1030. The van der Waals surface area contributed by atoms with Gasteiger partial charge in [0.25, 0.3) is 5.91 Å². The Balaban J connectivity index is 1.28. The quantitative estimate of drug-likeness (QED) is 0.703. The second-order valence-corrected chi connectivity index (χ2v) is 6.54. The predicted molar refractivity (Wildman–Crippen MR) is 102 cm³/mol. The van der Waals surface area contributed by atoms with Crippen LogP contribution in [0.5, 0.6) is 23.0 Å². The molecule has 2 aliphatic heterocycles. The molecule has 0 atom stereocenters. The molecule has 2 heterocycles. The number of carbonyl (C=O) groups is 3. The molecule has 0 aromatic heterocycles. The van der Waals surface area contributed by atoms with Crippen molar-refractivity contribution >= 4 is 35.2 Å². The molecule has 0 unspecified atom stereocenters. The molecule has 0 fully saturated rings. The van der Waals surface area contributed by atoms with E-state index in [0.717, 1.165) is 0 Å².